The molecule has 0 aliphatic carbocycles. The van der Waals surface area contributed by atoms with Gasteiger partial charge in [0, 0.05) is 41.8 Å². The number of nitrogens with zero attached hydrogens (tertiary/aromatic N) is 2. The summed E-state index contributed by atoms with van der Waals surface area (Å²) in [5, 5.41) is 0. The van der Waals surface area contributed by atoms with Crippen LogP contribution in [0.15, 0.2) is 22.7 Å². The third kappa shape index (κ3) is 3.22. The highest BCUT2D eigenvalue weighted by Crippen LogP contribution is 2.31. The Kier molecular flexibility index (Phi) is 5.18. The highest BCUT2D eigenvalue weighted by Gasteiger charge is 2.35. The summed E-state index contributed by atoms with van der Waals surface area (Å²) in [7, 11) is 4.20. The Bertz CT molecular complexity index is 466. The van der Waals surface area contributed by atoms with Crippen molar-refractivity contribution < 1.29 is 4.39 Å². The molecule has 20 heavy (non-hydrogen) atoms. The van der Waals surface area contributed by atoms with Gasteiger partial charge < -0.3 is 10.6 Å². The molecule has 1 aromatic rings. The van der Waals surface area contributed by atoms with Gasteiger partial charge in [-0.05, 0) is 32.1 Å². The molecule has 5 heteroatoms. The van der Waals surface area contributed by atoms with E-state index in [1.165, 1.54) is 6.07 Å². The van der Waals surface area contributed by atoms with Crippen LogP contribution in [0.4, 0.5) is 4.39 Å². The van der Waals surface area contributed by atoms with Crippen molar-refractivity contribution in [1.29, 1.82) is 0 Å². The molecule has 112 valence electrons. The summed E-state index contributed by atoms with van der Waals surface area (Å²) in [6.45, 7) is 4.58. The van der Waals surface area contributed by atoms with Crippen LogP contribution in [0.3, 0.4) is 0 Å². The monoisotopic (exact) mass is 343 g/mol. The summed E-state index contributed by atoms with van der Waals surface area (Å²) in [5.41, 5.74) is 6.62. The van der Waals surface area contributed by atoms with E-state index in [2.05, 4.69) is 46.7 Å². The fourth-order valence-corrected chi connectivity index (χ4v) is 3.49. The van der Waals surface area contributed by atoms with Crippen LogP contribution in [-0.2, 0) is 0 Å². The first-order chi connectivity index (χ1) is 9.43. The fourth-order valence-electron chi connectivity index (χ4n) is 3.16. The first-order valence-corrected chi connectivity index (χ1v) is 7.78. The number of hydrogen-bond donors (Lipinski definition) is 1. The largest absolute Gasteiger partial charge is 0.329 e. The van der Waals surface area contributed by atoms with E-state index in [4.69, 9.17) is 5.73 Å². The number of benzene rings is 1. The number of nitrogens with two attached hydrogens (primary N) is 1. The Hall–Kier alpha value is -0.490. The number of likely N-dealkylation sites (N-methyl/N-ethyl adjacent to an activating group) is 1. The first kappa shape index (κ1) is 15.9. The standard InChI is InChI=1S/C15H23BrFN3/c1-10-8-20(9-15(10)19(2)3)14(7-18)12-5-4-11(16)6-13(12)17/h4-6,10,14-15H,7-9,18H2,1-3H3. The SMILES string of the molecule is CC1CN(C(CN)c2ccc(Br)cc2F)CC1N(C)C. The predicted molar refractivity (Wildman–Crippen MR) is 84.1 cm³/mol. The van der Waals surface area contributed by atoms with E-state index in [1.54, 1.807) is 0 Å². The maximum Gasteiger partial charge on any atom is 0.129 e. The molecule has 1 heterocycles. The van der Waals surface area contributed by atoms with Gasteiger partial charge in [0.1, 0.15) is 5.82 Å². The second kappa shape index (κ2) is 6.52. The Balaban J connectivity index is 2.21. The Morgan fingerprint density at radius 2 is 2.15 bits per heavy atom. The van der Waals surface area contributed by atoms with Gasteiger partial charge in [-0.2, -0.15) is 0 Å². The van der Waals surface area contributed by atoms with Crippen molar-refractivity contribution in [3.05, 3.63) is 34.1 Å². The Morgan fingerprint density at radius 1 is 1.45 bits per heavy atom. The summed E-state index contributed by atoms with van der Waals surface area (Å²) in [6, 6.07) is 5.69. The predicted octanol–water partition coefficient (Wildman–Crippen LogP) is 2.47. The fraction of sp³-hybridized carbons (Fsp3) is 0.600. The molecule has 2 rings (SSSR count). The van der Waals surface area contributed by atoms with Crippen LogP contribution in [0, 0.1) is 11.7 Å². The minimum Gasteiger partial charge on any atom is -0.329 e. The lowest BCUT2D eigenvalue weighted by atomic mass is 10.0. The van der Waals surface area contributed by atoms with Gasteiger partial charge in [0.05, 0.1) is 0 Å². The molecule has 1 aliphatic rings. The average Bonchev–Trinajstić information content (AvgIpc) is 2.75. The van der Waals surface area contributed by atoms with E-state index >= 15 is 0 Å². The molecule has 0 saturated carbocycles. The molecule has 0 bridgehead atoms. The highest BCUT2D eigenvalue weighted by atomic mass is 79.9. The topological polar surface area (TPSA) is 32.5 Å². The zero-order valence-corrected chi connectivity index (χ0v) is 13.9. The van der Waals surface area contributed by atoms with Crippen molar-refractivity contribution in [3.8, 4) is 0 Å². The van der Waals surface area contributed by atoms with Crippen molar-refractivity contribution in [3.63, 3.8) is 0 Å². The van der Waals surface area contributed by atoms with Crippen molar-refractivity contribution in [1.82, 2.24) is 9.80 Å². The molecule has 0 radical (unpaired) electrons. The second-order valence-corrected chi connectivity index (χ2v) is 6.80. The number of rotatable bonds is 4. The normalized spacial score (nSPS) is 25.4. The third-order valence-corrected chi connectivity index (χ3v) is 4.74. The summed E-state index contributed by atoms with van der Waals surface area (Å²) < 4.78 is 14.9. The average molecular weight is 344 g/mol. The van der Waals surface area contributed by atoms with E-state index in [0.29, 0.717) is 24.1 Å². The molecule has 2 N–H and O–H groups in total. The number of hydrogen-bond acceptors (Lipinski definition) is 3. The molecule has 3 atom stereocenters. The minimum absolute atomic E-state index is 0.0458. The molecule has 3 nitrogen and oxygen atoms in total. The molecule has 0 aromatic heterocycles. The minimum atomic E-state index is -0.184. The molecule has 3 unspecified atom stereocenters. The van der Waals surface area contributed by atoms with E-state index < -0.39 is 0 Å². The molecule has 1 aliphatic heterocycles. The van der Waals surface area contributed by atoms with Gasteiger partial charge in [-0.1, -0.05) is 28.9 Å². The van der Waals surface area contributed by atoms with Gasteiger partial charge >= 0.3 is 0 Å². The van der Waals surface area contributed by atoms with Crippen LogP contribution in [0.5, 0.6) is 0 Å². The van der Waals surface area contributed by atoms with Crippen molar-refractivity contribution in [2.45, 2.75) is 19.0 Å². The molecule has 0 spiro atoms. The second-order valence-electron chi connectivity index (χ2n) is 5.88. The quantitative estimate of drug-likeness (QED) is 0.911. The first-order valence-electron chi connectivity index (χ1n) is 6.99. The summed E-state index contributed by atoms with van der Waals surface area (Å²) >= 11 is 3.30. The Labute approximate surface area is 129 Å². The third-order valence-electron chi connectivity index (χ3n) is 4.25. The number of likely N-dealkylation sites (tertiary alicyclic amines) is 1. The lowest BCUT2D eigenvalue weighted by Crippen LogP contribution is -2.37. The summed E-state index contributed by atoms with van der Waals surface area (Å²) in [5.74, 6) is 0.383. The van der Waals surface area contributed by atoms with Gasteiger partial charge in [0.15, 0.2) is 0 Å². The molecular formula is C15H23BrFN3. The molecule has 1 aromatic carbocycles. The van der Waals surface area contributed by atoms with Gasteiger partial charge in [-0.25, -0.2) is 4.39 Å². The van der Waals surface area contributed by atoms with E-state index in [1.807, 2.05) is 12.1 Å². The van der Waals surface area contributed by atoms with Gasteiger partial charge in [0.2, 0.25) is 0 Å². The van der Waals surface area contributed by atoms with Crippen LogP contribution in [0.2, 0.25) is 0 Å². The van der Waals surface area contributed by atoms with E-state index in [-0.39, 0.29) is 11.9 Å². The van der Waals surface area contributed by atoms with Crippen molar-refractivity contribution >= 4 is 15.9 Å². The van der Waals surface area contributed by atoms with E-state index in [0.717, 1.165) is 17.6 Å². The van der Waals surface area contributed by atoms with Crippen molar-refractivity contribution in [2.24, 2.45) is 11.7 Å². The number of halogens is 2. The van der Waals surface area contributed by atoms with Crippen LogP contribution in [-0.4, -0.2) is 49.6 Å². The summed E-state index contributed by atoms with van der Waals surface area (Å²) in [6.07, 6.45) is 0. The van der Waals surface area contributed by atoms with E-state index in [9.17, 15) is 4.39 Å². The molecule has 0 amide bonds. The molecule has 1 fully saturated rings. The maximum absolute atomic E-state index is 14.2. The zero-order chi connectivity index (χ0) is 14.9. The maximum atomic E-state index is 14.2. The summed E-state index contributed by atoms with van der Waals surface area (Å²) in [4.78, 5) is 4.55. The van der Waals surface area contributed by atoms with Gasteiger partial charge in [-0.15, -0.1) is 0 Å². The smallest absolute Gasteiger partial charge is 0.129 e. The van der Waals surface area contributed by atoms with Crippen LogP contribution in [0.1, 0.15) is 18.5 Å². The van der Waals surface area contributed by atoms with Crippen LogP contribution < -0.4 is 5.73 Å². The van der Waals surface area contributed by atoms with Crippen LogP contribution >= 0.6 is 15.9 Å². The Morgan fingerprint density at radius 3 is 2.65 bits per heavy atom. The van der Waals surface area contributed by atoms with Crippen LogP contribution in [0.25, 0.3) is 0 Å². The lowest BCUT2D eigenvalue weighted by Gasteiger charge is -2.28. The highest BCUT2D eigenvalue weighted by molar-refractivity contribution is 9.10. The molecular weight excluding hydrogens is 321 g/mol. The molecule has 1 saturated heterocycles. The zero-order valence-electron chi connectivity index (χ0n) is 12.3. The van der Waals surface area contributed by atoms with Gasteiger partial charge in [-0.3, -0.25) is 4.90 Å². The van der Waals surface area contributed by atoms with Crippen molar-refractivity contribution in [2.75, 3.05) is 33.7 Å². The van der Waals surface area contributed by atoms with Gasteiger partial charge in [0.25, 0.3) is 0 Å². The lowest BCUT2D eigenvalue weighted by molar-refractivity contribution is 0.216.